The third kappa shape index (κ3) is 2.83. The van der Waals surface area contributed by atoms with E-state index in [2.05, 4.69) is 5.32 Å². The lowest BCUT2D eigenvalue weighted by atomic mass is 10.1. The van der Waals surface area contributed by atoms with E-state index in [1.807, 2.05) is 0 Å². The van der Waals surface area contributed by atoms with Gasteiger partial charge >= 0.3 is 5.97 Å². The number of hydrogen-bond donors (Lipinski definition) is 3. The second-order valence-electron chi connectivity index (χ2n) is 4.34. The molecule has 4 N–H and O–H groups in total. The monoisotopic (exact) mass is 294 g/mol. The first kappa shape index (κ1) is 14.1. The summed E-state index contributed by atoms with van der Waals surface area (Å²) in [7, 11) is 0. The van der Waals surface area contributed by atoms with Crippen LogP contribution in [0.25, 0.3) is 0 Å². The number of aryl methyl sites for hydroxylation is 1. The van der Waals surface area contributed by atoms with Crippen LogP contribution < -0.4 is 11.1 Å². The van der Waals surface area contributed by atoms with E-state index in [1.54, 1.807) is 13.0 Å². The molecule has 0 fully saturated rings. The molecule has 6 heteroatoms. The fourth-order valence-corrected chi connectivity index (χ4v) is 2.05. The second kappa shape index (κ2) is 5.38. The molecule has 0 saturated carbocycles. The molecule has 2 rings (SSSR count). The molecule has 0 spiro atoms. The van der Waals surface area contributed by atoms with E-state index < -0.39 is 11.8 Å². The highest BCUT2D eigenvalue weighted by Gasteiger charge is 2.16. The second-order valence-corrected chi connectivity index (χ2v) is 4.75. The summed E-state index contributed by atoms with van der Waals surface area (Å²) < 4.78 is 13.8. The molecule has 0 unspecified atom stereocenters. The Bertz CT molecular complexity index is 689. The van der Waals surface area contributed by atoms with Gasteiger partial charge in [0.2, 0.25) is 0 Å². The first-order chi connectivity index (χ1) is 9.38. The third-order valence-corrected chi connectivity index (χ3v) is 3.03. The van der Waals surface area contributed by atoms with Gasteiger partial charge in [0.25, 0.3) is 0 Å². The van der Waals surface area contributed by atoms with Crippen molar-refractivity contribution < 1.29 is 14.3 Å². The number of nitrogens with one attached hydrogen (secondary N) is 1. The molecular weight excluding hydrogens is 283 g/mol. The number of hydrogen-bond acceptors (Lipinski definition) is 3. The predicted octanol–water partition coefficient (Wildman–Crippen LogP) is 3.81. The summed E-state index contributed by atoms with van der Waals surface area (Å²) in [6.07, 6.45) is 0. The van der Waals surface area contributed by atoms with Crippen LogP contribution in [0, 0.1) is 12.7 Å². The number of halogens is 2. The minimum Gasteiger partial charge on any atom is -0.478 e. The summed E-state index contributed by atoms with van der Waals surface area (Å²) in [4.78, 5) is 11.2. The van der Waals surface area contributed by atoms with Gasteiger partial charge < -0.3 is 16.2 Å². The first-order valence-electron chi connectivity index (χ1n) is 5.74. The van der Waals surface area contributed by atoms with E-state index in [4.69, 9.17) is 22.4 Å². The van der Waals surface area contributed by atoms with Crippen LogP contribution in [-0.4, -0.2) is 11.1 Å². The van der Waals surface area contributed by atoms with Crippen molar-refractivity contribution in [2.24, 2.45) is 0 Å². The SMILES string of the molecule is Cc1ccc(Nc2c(Cl)cc(N)cc2C(=O)O)c(F)c1. The number of benzene rings is 2. The molecule has 0 aliphatic carbocycles. The van der Waals surface area contributed by atoms with Gasteiger partial charge in [0.1, 0.15) is 5.82 Å². The van der Waals surface area contributed by atoms with Crippen molar-refractivity contribution in [1.82, 2.24) is 0 Å². The number of carboxylic acids is 1. The van der Waals surface area contributed by atoms with Crippen LogP contribution in [0.3, 0.4) is 0 Å². The van der Waals surface area contributed by atoms with Crippen molar-refractivity contribution in [2.45, 2.75) is 6.92 Å². The molecule has 0 aromatic heterocycles. The van der Waals surface area contributed by atoms with Crippen LogP contribution in [0.4, 0.5) is 21.5 Å². The number of nitrogens with two attached hydrogens (primary N) is 1. The molecule has 2 aromatic rings. The van der Waals surface area contributed by atoms with Crippen molar-refractivity contribution in [1.29, 1.82) is 0 Å². The van der Waals surface area contributed by atoms with Gasteiger partial charge in [-0.3, -0.25) is 0 Å². The van der Waals surface area contributed by atoms with E-state index in [9.17, 15) is 9.18 Å². The first-order valence-corrected chi connectivity index (χ1v) is 6.12. The largest absolute Gasteiger partial charge is 0.478 e. The number of aromatic carboxylic acids is 1. The Morgan fingerprint density at radius 2 is 2.05 bits per heavy atom. The smallest absolute Gasteiger partial charge is 0.337 e. The molecule has 0 atom stereocenters. The Balaban J connectivity index is 2.50. The Morgan fingerprint density at radius 1 is 1.35 bits per heavy atom. The highest BCUT2D eigenvalue weighted by atomic mass is 35.5. The average molecular weight is 295 g/mol. The van der Waals surface area contributed by atoms with Gasteiger partial charge in [0, 0.05) is 5.69 Å². The topological polar surface area (TPSA) is 75.3 Å². The lowest BCUT2D eigenvalue weighted by molar-refractivity contribution is 0.0698. The van der Waals surface area contributed by atoms with E-state index in [0.29, 0.717) is 0 Å². The normalized spacial score (nSPS) is 10.3. The maximum absolute atomic E-state index is 13.8. The van der Waals surface area contributed by atoms with Crippen LogP contribution in [-0.2, 0) is 0 Å². The highest BCUT2D eigenvalue weighted by molar-refractivity contribution is 6.34. The van der Waals surface area contributed by atoms with E-state index >= 15 is 0 Å². The molecule has 20 heavy (non-hydrogen) atoms. The number of anilines is 3. The van der Waals surface area contributed by atoms with Crippen molar-refractivity contribution in [3.05, 3.63) is 52.3 Å². The van der Waals surface area contributed by atoms with Gasteiger partial charge in [0.15, 0.2) is 0 Å². The molecule has 104 valence electrons. The number of carboxylic acid groups (broad SMARTS) is 1. The van der Waals surface area contributed by atoms with Gasteiger partial charge in [-0.25, -0.2) is 9.18 Å². The summed E-state index contributed by atoms with van der Waals surface area (Å²) in [6.45, 7) is 1.76. The number of rotatable bonds is 3. The quantitative estimate of drug-likeness (QED) is 0.752. The number of nitrogen functional groups attached to an aromatic ring is 1. The van der Waals surface area contributed by atoms with Crippen LogP contribution in [0.5, 0.6) is 0 Å². The summed E-state index contributed by atoms with van der Waals surface area (Å²) in [6, 6.07) is 7.24. The lowest BCUT2D eigenvalue weighted by Crippen LogP contribution is -2.05. The maximum atomic E-state index is 13.8. The summed E-state index contributed by atoms with van der Waals surface area (Å²) in [5.41, 5.74) is 6.68. The molecule has 0 aliphatic rings. The summed E-state index contributed by atoms with van der Waals surface area (Å²) in [5.74, 6) is -1.69. The van der Waals surface area contributed by atoms with Gasteiger partial charge in [-0.15, -0.1) is 0 Å². The molecule has 0 aliphatic heterocycles. The predicted molar refractivity (Wildman–Crippen MR) is 77.2 cm³/mol. The van der Waals surface area contributed by atoms with Gasteiger partial charge in [-0.05, 0) is 36.8 Å². The molecule has 2 aromatic carbocycles. The van der Waals surface area contributed by atoms with Crippen molar-refractivity contribution >= 4 is 34.6 Å². The van der Waals surface area contributed by atoms with Crippen LogP contribution >= 0.6 is 11.6 Å². The molecule has 0 heterocycles. The zero-order valence-corrected chi connectivity index (χ0v) is 11.3. The number of carbonyl (C=O) groups is 1. The average Bonchev–Trinajstić information content (AvgIpc) is 2.34. The van der Waals surface area contributed by atoms with Crippen LogP contribution in [0.15, 0.2) is 30.3 Å². The molecule has 0 amide bonds. The molecular formula is C14H12ClFN2O2. The van der Waals surface area contributed by atoms with E-state index in [1.165, 1.54) is 24.3 Å². The van der Waals surface area contributed by atoms with Gasteiger partial charge in [-0.2, -0.15) is 0 Å². The zero-order valence-electron chi connectivity index (χ0n) is 10.6. The van der Waals surface area contributed by atoms with Crippen LogP contribution in [0.1, 0.15) is 15.9 Å². The summed E-state index contributed by atoms with van der Waals surface area (Å²) in [5, 5.41) is 12.0. The fraction of sp³-hybridized carbons (Fsp3) is 0.0714. The molecule has 0 bridgehead atoms. The van der Waals surface area contributed by atoms with Crippen molar-refractivity contribution in [2.75, 3.05) is 11.1 Å². The zero-order chi connectivity index (χ0) is 14.9. The van der Waals surface area contributed by atoms with Gasteiger partial charge in [0.05, 0.1) is 22.0 Å². The molecule has 0 saturated heterocycles. The standard InChI is InChI=1S/C14H12ClFN2O2/c1-7-2-3-12(11(16)4-7)18-13-9(14(19)20)5-8(17)6-10(13)15/h2-6,18H,17H2,1H3,(H,19,20). The summed E-state index contributed by atoms with van der Waals surface area (Å²) >= 11 is 5.98. The third-order valence-electron chi connectivity index (χ3n) is 2.73. The van der Waals surface area contributed by atoms with Gasteiger partial charge in [-0.1, -0.05) is 17.7 Å². The van der Waals surface area contributed by atoms with Crippen molar-refractivity contribution in [3.8, 4) is 0 Å². The Morgan fingerprint density at radius 3 is 2.65 bits per heavy atom. The van der Waals surface area contributed by atoms with Crippen molar-refractivity contribution in [3.63, 3.8) is 0 Å². The maximum Gasteiger partial charge on any atom is 0.337 e. The minimum absolute atomic E-state index is 0.108. The Hall–Kier alpha value is -2.27. The Kier molecular flexibility index (Phi) is 3.81. The Labute approximate surface area is 120 Å². The fourth-order valence-electron chi connectivity index (χ4n) is 1.78. The van der Waals surface area contributed by atoms with Crippen LogP contribution in [0.2, 0.25) is 5.02 Å². The molecule has 4 nitrogen and oxygen atoms in total. The van der Waals surface area contributed by atoms with E-state index in [-0.39, 0.29) is 27.6 Å². The highest BCUT2D eigenvalue weighted by Crippen LogP contribution is 2.32. The minimum atomic E-state index is -1.20. The van der Waals surface area contributed by atoms with E-state index in [0.717, 1.165) is 5.56 Å². The lowest BCUT2D eigenvalue weighted by Gasteiger charge is -2.13. The molecule has 0 radical (unpaired) electrons.